The summed E-state index contributed by atoms with van der Waals surface area (Å²) in [6, 6.07) is 5.67. The topological polar surface area (TPSA) is 119 Å². The first-order valence-corrected chi connectivity index (χ1v) is 8.22. The van der Waals surface area contributed by atoms with Gasteiger partial charge < -0.3 is 19.7 Å². The van der Waals surface area contributed by atoms with Gasteiger partial charge in [0.25, 0.3) is 5.69 Å². The molecular weight excluding hydrogens is 378 g/mol. The monoisotopic (exact) mass is 395 g/mol. The third kappa shape index (κ3) is 4.36. The molecule has 0 amide bonds. The first kappa shape index (κ1) is 20.6. The smallest absolute Gasteiger partial charge is 0.340 e. The van der Waals surface area contributed by atoms with E-state index in [0.29, 0.717) is 11.1 Å². The van der Waals surface area contributed by atoms with E-state index in [2.05, 4.69) is 0 Å². The number of esters is 1. The SMILES string of the molecule is COc1cc(COC(=O)c2c(Cl)ccc(C)c2CO)c([N+](=O)[O-])cc1CO. The molecule has 0 saturated heterocycles. The molecule has 144 valence electrons. The molecule has 9 heteroatoms. The molecule has 0 spiro atoms. The van der Waals surface area contributed by atoms with E-state index in [1.807, 2.05) is 0 Å². The second kappa shape index (κ2) is 8.81. The van der Waals surface area contributed by atoms with Crippen molar-refractivity contribution in [3.05, 3.63) is 67.2 Å². The molecular formula is C18H18ClNO7. The Balaban J connectivity index is 2.35. The number of nitrogens with zero attached hydrogens (tertiary/aromatic N) is 1. The lowest BCUT2D eigenvalue weighted by atomic mass is 10.0. The summed E-state index contributed by atoms with van der Waals surface area (Å²) >= 11 is 6.06. The van der Waals surface area contributed by atoms with Gasteiger partial charge >= 0.3 is 5.97 Å². The van der Waals surface area contributed by atoms with Crippen molar-refractivity contribution in [2.75, 3.05) is 7.11 Å². The quantitative estimate of drug-likeness (QED) is 0.420. The lowest BCUT2D eigenvalue weighted by molar-refractivity contribution is -0.385. The molecule has 0 saturated carbocycles. The maximum Gasteiger partial charge on any atom is 0.340 e. The zero-order valence-corrected chi connectivity index (χ0v) is 15.4. The van der Waals surface area contributed by atoms with Crippen LogP contribution in [0.25, 0.3) is 0 Å². The highest BCUT2D eigenvalue weighted by atomic mass is 35.5. The van der Waals surface area contributed by atoms with Crippen LogP contribution in [0, 0.1) is 17.0 Å². The number of nitro groups is 1. The zero-order chi connectivity index (χ0) is 20.1. The predicted molar refractivity (Wildman–Crippen MR) is 96.8 cm³/mol. The van der Waals surface area contributed by atoms with Crippen LogP contribution in [0.5, 0.6) is 5.75 Å². The predicted octanol–water partition coefficient (Wildman–Crippen LogP) is 2.91. The highest BCUT2D eigenvalue weighted by Crippen LogP contribution is 2.30. The number of rotatable bonds is 7. The maximum atomic E-state index is 12.5. The molecule has 27 heavy (non-hydrogen) atoms. The molecule has 8 nitrogen and oxygen atoms in total. The maximum absolute atomic E-state index is 12.5. The summed E-state index contributed by atoms with van der Waals surface area (Å²) in [5, 5.41) is 30.2. The normalized spacial score (nSPS) is 10.6. The molecule has 0 radical (unpaired) electrons. The molecule has 2 aromatic carbocycles. The fraction of sp³-hybridized carbons (Fsp3) is 0.278. The molecule has 0 unspecified atom stereocenters. The summed E-state index contributed by atoms with van der Waals surface area (Å²) in [7, 11) is 1.36. The standard InChI is InChI=1S/C18H18ClNO7/c1-10-3-4-14(19)17(13(10)8-22)18(23)27-9-12-6-16(26-2)11(7-21)5-15(12)20(24)25/h3-6,21-22H,7-9H2,1-2H3. The zero-order valence-electron chi connectivity index (χ0n) is 14.7. The summed E-state index contributed by atoms with van der Waals surface area (Å²) in [6.07, 6.45) is 0. The van der Waals surface area contributed by atoms with Gasteiger partial charge in [-0.2, -0.15) is 0 Å². The Morgan fingerprint density at radius 1 is 1.22 bits per heavy atom. The number of methoxy groups -OCH3 is 1. The Hall–Kier alpha value is -2.68. The van der Waals surface area contributed by atoms with Crippen LogP contribution >= 0.6 is 11.6 Å². The fourth-order valence-electron chi connectivity index (χ4n) is 2.62. The van der Waals surface area contributed by atoms with E-state index in [1.165, 1.54) is 25.3 Å². The summed E-state index contributed by atoms with van der Waals surface area (Å²) in [5.41, 5.74) is 1.02. The van der Waals surface area contributed by atoms with Crippen LogP contribution in [0.3, 0.4) is 0 Å². The van der Waals surface area contributed by atoms with Crippen LogP contribution in [-0.4, -0.2) is 28.2 Å². The summed E-state index contributed by atoms with van der Waals surface area (Å²) < 4.78 is 10.3. The van der Waals surface area contributed by atoms with Crippen molar-refractivity contribution in [2.45, 2.75) is 26.7 Å². The summed E-state index contributed by atoms with van der Waals surface area (Å²) in [4.78, 5) is 23.1. The number of aliphatic hydroxyl groups is 2. The highest BCUT2D eigenvalue weighted by Gasteiger charge is 2.22. The van der Waals surface area contributed by atoms with Gasteiger partial charge in [0, 0.05) is 11.6 Å². The number of halogens is 1. The minimum atomic E-state index is -0.813. The number of aryl methyl sites for hydroxylation is 1. The van der Waals surface area contributed by atoms with Gasteiger partial charge in [0.05, 0.1) is 41.4 Å². The number of hydrogen-bond donors (Lipinski definition) is 2. The van der Waals surface area contributed by atoms with Crippen LogP contribution in [0.1, 0.15) is 32.6 Å². The molecule has 0 aliphatic rings. The van der Waals surface area contributed by atoms with Crippen LogP contribution < -0.4 is 4.74 Å². The van der Waals surface area contributed by atoms with Crippen molar-refractivity contribution in [3.8, 4) is 5.75 Å². The van der Waals surface area contributed by atoms with Gasteiger partial charge in [0.1, 0.15) is 12.4 Å². The highest BCUT2D eigenvalue weighted by molar-refractivity contribution is 6.33. The summed E-state index contributed by atoms with van der Waals surface area (Å²) in [5.74, 6) is -0.578. The van der Waals surface area contributed by atoms with Crippen molar-refractivity contribution >= 4 is 23.3 Å². The van der Waals surface area contributed by atoms with Gasteiger partial charge in [-0.3, -0.25) is 10.1 Å². The van der Waals surface area contributed by atoms with Crippen molar-refractivity contribution in [1.29, 1.82) is 0 Å². The number of nitro benzene ring substituents is 1. The van der Waals surface area contributed by atoms with E-state index in [4.69, 9.17) is 21.1 Å². The Bertz CT molecular complexity index is 882. The van der Waals surface area contributed by atoms with Crippen LogP contribution in [0.2, 0.25) is 5.02 Å². The van der Waals surface area contributed by atoms with Gasteiger partial charge in [0.15, 0.2) is 0 Å². The second-order valence-corrected chi connectivity index (χ2v) is 6.07. The lowest BCUT2D eigenvalue weighted by Gasteiger charge is -2.13. The molecule has 0 aromatic heterocycles. The Kier molecular flexibility index (Phi) is 6.73. The first-order chi connectivity index (χ1) is 12.8. The van der Waals surface area contributed by atoms with E-state index in [9.17, 15) is 25.1 Å². The molecule has 0 fully saturated rings. The van der Waals surface area contributed by atoms with E-state index in [1.54, 1.807) is 13.0 Å². The van der Waals surface area contributed by atoms with Crippen LogP contribution in [-0.2, 0) is 24.6 Å². The van der Waals surface area contributed by atoms with Crippen molar-refractivity contribution < 1.29 is 29.4 Å². The Labute approximate surface area is 160 Å². The van der Waals surface area contributed by atoms with Crippen molar-refractivity contribution in [1.82, 2.24) is 0 Å². The third-order valence-electron chi connectivity index (χ3n) is 4.07. The molecule has 0 heterocycles. The fourth-order valence-corrected chi connectivity index (χ4v) is 2.87. The van der Waals surface area contributed by atoms with E-state index >= 15 is 0 Å². The number of ether oxygens (including phenoxy) is 2. The minimum absolute atomic E-state index is 0.0146. The molecule has 0 aliphatic heterocycles. The number of hydrogen-bond acceptors (Lipinski definition) is 7. The van der Waals surface area contributed by atoms with Crippen LogP contribution in [0.4, 0.5) is 5.69 Å². The third-order valence-corrected chi connectivity index (χ3v) is 4.38. The van der Waals surface area contributed by atoms with Gasteiger partial charge in [-0.15, -0.1) is 0 Å². The average Bonchev–Trinajstić information content (AvgIpc) is 2.66. The number of carbonyl (C=O) groups is 1. The number of carbonyl (C=O) groups excluding carboxylic acids is 1. The van der Waals surface area contributed by atoms with E-state index in [0.717, 1.165) is 0 Å². The largest absolute Gasteiger partial charge is 0.496 e. The average molecular weight is 396 g/mol. The molecule has 0 atom stereocenters. The Morgan fingerprint density at radius 2 is 1.93 bits per heavy atom. The van der Waals surface area contributed by atoms with Gasteiger partial charge in [-0.1, -0.05) is 17.7 Å². The van der Waals surface area contributed by atoms with Gasteiger partial charge in [0.2, 0.25) is 0 Å². The molecule has 0 bridgehead atoms. The minimum Gasteiger partial charge on any atom is -0.496 e. The Morgan fingerprint density at radius 3 is 2.48 bits per heavy atom. The number of aliphatic hydroxyl groups excluding tert-OH is 2. The van der Waals surface area contributed by atoms with Crippen molar-refractivity contribution in [2.24, 2.45) is 0 Å². The molecule has 2 rings (SSSR count). The van der Waals surface area contributed by atoms with Crippen LogP contribution in [0.15, 0.2) is 24.3 Å². The molecule has 2 aromatic rings. The van der Waals surface area contributed by atoms with Gasteiger partial charge in [-0.25, -0.2) is 4.79 Å². The summed E-state index contributed by atoms with van der Waals surface area (Å²) in [6.45, 7) is 0.452. The lowest BCUT2D eigenvalue weighted by Crippen LogP contribution is -2.12. The number of benzene rings is 2. The molecule has 0 aliphatic carbocycles. The van der Waals surface area contributed by atoms with E-state index < -0.39 is 30.7 Å². The van der Waals surface area contributed by atoms with E-state index in [-0.39, 0.29) is 33.1 Å². The first-order valence-electron chi connectivity index (χ1n) is 7.85. The van der Waals surface area contributed by atoms with Crippen molar-refractivity contribution in [3.63, 3.8) is 0 Å². The van der Waals surface area contributed by atoms with Gasteiger partial charge in [-0.05, 0) is 30.2 Å². The second-order valence-electron chi connectivity index (χ2n) is 5.66. The molecule has 2 N–H and O–H groups in total.